The first-order valence-electron chi connectivity index (χ1n) is 7.53. The molecule has 2 aromatic rings. The van der Waals surface area contributed by atoms with E-state index < -0.39 is 0 Å². The summed E-state index contributed by atoms with van der Waals surface area (Å²) in [5.74, 6) is 0.733. The molecule has 0 radical (unpaired) electrons. The molecule has 6 heteroatoms. The monoisotopic (exact) mass is 299 g/mol. The largest absolute Gasteiger partial charge is 0.324 e. The smallest absolute Gasteiger partial charge is 0.321 e. The summed E-state index contributed by atoms with van der Waals surface area (Å²) in [4.78, 5) is 18.3. The maximum absolute atomic E-state index is 12.4. The number of carbonyl (C=O) groups is 1. The highest BCUT2D eigenvalue weighted by atomic mass is 16.2. The molecular weight excluding hydrogens is 278 g/mol. The third-order valence-electron chi connectivity index (χ3n) is 4.20. The van der Waals surface area contributed by atoms with Crippen LogP contribution in [-0.2, 0) is 7.05 Å². The number of amides is 2. The lowest BCUT2D eigenvalue weighted by Gasteiger charge is -2.20. The molecule has 0 unspecified atom stereocenters. The summed E-state index contributed by atoms with van der Waals surface area (Å²) in [6, 6.07) is 8.65. The van der Waals surface area contributed by atoms with Gasteiger partial charge in [-0.2, -0.15) is 0 Å². The third kappa shape index (κ3) is 2.95. The Hall–Kier alpha value is -2.37. The molecule has 0 aliphatic carbocycles. The molecule has 116 valence electrons. The predicted octanol–water partition coefficient (Wildman–Crippen LogP) is 2.53. The Bertz CT molecular complexity index is 663. The lowest BCUT2D eigenvalue weighted by molar-refractivity contribution is 0.209. The molecule has 2 amide bonds. The zero-order valence-electron chi connectivity index (χ0n) is 13.2. The number of urea groups is 1. The molecule has 1 N–H and O–H groups in total. The molecule has 0 saturated carbocycles. The molecule has 6 nitrogen and oxygen atoms in total. The number of anilines is 1. The first-order chi connectivity index (χ1) is 10.5. The number of hydrogen-bond acceptors (Lipinski definition) is 3. The lowest BCUT2D eigenvalue weighted by atomic mass is 9.96. The molecule has 1 fully saturated rings. The fourth-order valence-corrected chi connectivity index (χ4v) is 2.96. The van der Waals surface area contributed by atoms with Gasteiger partial charge in [-0.1, -0.05) is 29.8 Å². The van der Waals surface area contributed by atoms with Gasteiger partial charge in [0.05, 0.1) is 0 Å². The topological polar surface area (TPSA) is 63.1 Å². The van der Waals surface area contributed by atoms with Gasteiger partial charge in [-0.15, -0.1) is 5.10 Å². The Morgan fingerprint density at radius 2 is 2.05 bits per heavy atom. The molecule has 2 heterocycles. The molecule has 2 atom stereocenters. The Kier molecular flexibility index (Phi) is 3.83. The summed E-state index contributed by atoms with van der Waals surface area (Å²) in [6.07, 6.45) is 2.55. The zero-order valence-corrected chi connectivity index (χ0v) is 13.2. The normalized spacial score (nSPS) is 21.1. The molecule has 1 aliphatic heterocycles. The summed E-state index contributed by atoms with van der Waals surface area (Å²) in [6.45, 7) is 4.89. The van der Waals surface area contributed by atoms with Crippen molar-refractivity contribution in [2.75, 3.05) is 11.9 Å². The molecule has 1 aliphatic rings. The molecule has 3 rings (SSSR count). The van der Waals surface area contributed by atoms with Gasteiger partial charge in [0.25, 0.3) is 0 Å². The van der Waals surface area contributed by atoms with Crippen LogP contribution in [0.4, 0.5) is 10.7 Å². The number of likely N-dealkylation sites (tertiary alicyclic amines) is 1. The van der Waals surface area contributed by atoms with E-state index in [4.69, 9.17) is 0 Å². The maximum atomic E-state index is 12.4. The number of hydrogen-bond donors (Lipinski definition) is 1. The van der Waals surface area contributed by atoms with E-state index in [-0.39, 0.29) is 12.1 Å². The van der Waals surface area contributed by atoms with Crippen molar-refractivity contribution in [3.63, 3.8) is 0 Å². The van der Waals surface area contributed by atoms with Gasteiger partial charge in [0, 0.05) is 25.6 Å². The van der Waals surface area contributed by atoms with Crippen molar-refractivity contribution in [1.29, 1.82) is 0 Å². The van der Waals surface area contributed by atoms with E-state index in [1.165, 1.54) is 11.1 Å². The van der Waals surface area contributed by atoms with Crippen molar-refractivity contribution < 1.29 is 4.79 Å². The second kappa shape index (κ2) is 5.79. The number of aromatic nitrogens is 3. The second-order valence-electron chi connectivity index (χ2n) is 6.02. The Labute approximate surface area is 130 Å². The molecular formula is C16H21N5O. The van der Waals surface area contributed by atoms with Crippen LogP contribution in [0.3, 0.4) is 0 Å². The van der Waals surface area contributed by atoms with Gasteiger partial charge in [0.1, 0.15) is 6.33 Å². The SMILES string of the molecule is Cc1ccc([C@H]2C[C@@H](C)N(C(=O)Nc3ncn(C)n3)C2)cc1. The number of rotatable bonds is 2. The van der Waals surface area contributed by atoms with Crippen LogP contribution in [-0.4, -0.2) is 38.3 Å². The third-order valence-corrected chi connectivity index (χ3v) is 4.20. The van der Waals surface area contributed by atoms with Crippen LogP contribution in [0.5, 0.6) is 0 Å². The first-order valence-corrected chi connectivity index (χ1v) is 7.53. The van der Waals surface area contributed by atoms with Crippen LogP contribution in [0.2, 0.25) is 0 Å². The van der Waals surface area contributed by atoms with Crippen LogP contribution in [0, 0.1) is 6.92 Å². The highest BCUT2D eigenvalue weighted by Crippen LogP contribution is 2.31. The number of nitrogens with one attached hydrogen (secondary N) is 1. The van der Waals surface area contributed by atoms with Gasteiger partial charge >= 0.3 is 6.03 Å². The standard InChI is InChI=1S/C16H21N5O/c1-11-4-6-13(7-5-11)14-8-12(2)21(9-14)16(22)18-15-17-10-20(3)19-15/h4-7,10,12,14H,8-9H2,1-3H3,(H,18,19,22)/t12-,14+/m1/s1. The summed E-state index contributed by atoms with van der Waals surface area (Å²) in [7, 11) is 1.77. The highest BCUT2D eigenvalue weighted by Gasteiger charge is 2.33. The minimum atomic E-state index is -0.131. The van der Waals surface area contributed by atoms with E-state index in [1.807, 2.05) is 4.90 Å². The molecule has 0 bridgehead atoms. The van der Waals surface area contributed by atoms with E-state index in [0.717, 1.165) is 13.0 Å². The minimum Gasteiger partial charge on any atom is -0.321 e. The maximum Gasteiger partial charge on any atom is 0.324 e. The number of nitrogens with zero attached hydrogens (tertiary/aromatic N) is 4. The summed E-state index contributed by atoms with van der Waals surface area (Å²) in [5, 5.41) is 6.84. The van der Waals surface area contributed by atoms with Crippen LogP contribution in [0.1, 0.15) is 30.4 Å². The fourth-order valence-electron chi connectivity index (χ4n) is 2.96. The van der Waals surface area contributed by atoms with Gasteiger partial charge in [0.15, 0.2) is 0 Å². The van der Waals surface area contributed by atoms with Crippen LogP contribution < -0.4 is 5.32 Å². The summed E-state index contributed by atoms with van der Waals surface area (Å²) in [5.41, 5.74) is 2.55. The average molecular weight is 299 g/mol. The number of benzene rings is 1. The Morgan fingerprint density at radius 1 is 1.32 bits per heavy atom. The van der Waals surface area contributed by atoms with Crippen molar-refractivity contribution in [3.8, 4) is 0 Å². The van der Waals surface area contributed by atoms with E-state index in [2.05, 4.69) is 53.5 Å². The van der Waals surface area contributed by atoms with E-state index in [1.54, 1.807) is 18.1 Å². The summed E-state index contributed by atoms with van der Waals surface area (Å²) >= 11 is 0. The van der Waals surface area contributed by atoms with E-state index in [9.17, 15) is 4.79 Å². The second-order valence-corrected chi connectivity index (χ2v) is 6.02. The van der Waals surface area contributed by atoms with Crippen LogP contribution in [0.25, 0.3) is 0 Å². The fraction of sp³-hybridized carbons (Fsp3) is 0.438. The Balaban J connectivity index is 1.67. The predicted molar refractivity (Wildman–Crippen MR) is 84.7 cm³/mol. The number of carbonyl (C=O) groups excluding carboxylic acids is 1. The van der Waals surface area contributed by atoms with Gasteiger partial charge in [-0.3, -0.25) is 10.00 Å². The van der Waals surface area contributed by atoms with Gasteiger partial charge in [0.2, 0.25) is 5.95 Å². The quantitative estimate of drug-likeness (QED) is 0.927. The Morgan fingerprint density at radius 3 is 2.68 bits per heavy atom. The highest BCUT2D eigenvalue weighted by molar-refractivity contribution is 5.87. The number of aryl methyl sites for hydroxylation is 2. The average Bonchev–Trinajstić information content (AvgIpc) is 3.06. The molecule has 1 aromatic carbocycles. The van der Waals surface area contributed by atoms with Crippen molar-refractivity contribution in [2.24, 2.45) is 7.05 Å². The van der Waals surface area contributed by atoms with E-state index >= 15 is 0 Å². The molecule has 1 aromatic heterocycles. The van der Waals surface area contributed by atoms with Crippen LogP contribution in [0.15, 0.2) is 30.6 Å². The van der Waals surface area contributed by atoms with Gasteiger partial charge in [-0.25, -0.2) is 9.78 Å². The lowest BCUT2D eigenvalue weighted by Crippen LogP contribution is -2.37. The van der Waals surface area contributed by atoms with Crippen molar-refractivity contribution in [3.05, 3.63) is 41.7 Å². The van der Waals surface area contributed by atoms with E-state index in [0.29, 0.717) is 11.9 Å². The summed E-state index contributed by atoms with van der Waals surface area (Å²) < 4.78 is 1.57. The van der Waals surface area contributed by atoms with Crippen molar-refractivity contribution in [1.82, 2.24) is 19.7 Å². The molecule has 0 spiro atoms. The minimum absolute atomic E-state index is 0.131. The van der Waals surface area contributed by atoms with Gasteiger partial charge in [-0.05, 0) is 25.8 Å². The molecule has 22 heavy (non-hydrogen) atoms. The van der Waals surface area contributed by atoms with Crippen molar-refractivity contribution >= 4 is 12.0 Å². The zero-order chi connectivity index (χ0) is 15.7. The van der Waals surface area contributed by atoms with Crippen LogP contribution >= 0.6 is 0 Å². The van der Waals surface area contributed by atoms with Gasteiger partial charge < -0.3 is 4.90 Å². The molecule has 1 saturated heterocycles. The first kappa shape index (κ1) is 14.6. The van der Waals surface area contributed by atoms with Crippen molar-refractivity contribution in [2.45, 2.75) is 32.2 Å².